The first-order valence-corrected chi connectivity index (χ1v) is 6.72. The number of carbonyl (C=O) groups excluding carboxylic acids is 1. The molecule has 2 rings (SSSR count). The minimum atomic E-state index is -0.506. The molecule has 0 aliphatic carbocycles. The summed E-state index contributed by atoms with van der Waals surface area (Å²) >= 11 is 5.96. The SMILES string of the molecule is CC(C)(C)OC(=O)NCc1cc2cc(Cl)ccc2cn1. The van der Waals surface area contributed by atoms with Gasteiger partial charge in [0.05, 0.1) is 12.2 Å². The van der Waals surface area contributed by atoms with Gasteiger partial charge >= 0.3 is 6.09 Å². The van der Waals surface area contributed by atoms with Gasteiger partial charge < -0.3 is 10.1 Å². The molecule has 1 N–H and O–H groups in total. The van der Waals surface area contributed by atoms with E-state index in [0.29, 0.717) is 11.6 Å². The number of aromatic nitrogens is 1. The fourth-order valence-corrected chi connectivity index (χ4v) is 1.91. The van der Waals surface area contributed by atoms with Crippen LogP contribution in [0, 0.1) is 0 Å². The molecule has 0 bridgehead atoms. The second kappa shape index (κ2) is 5.67. The molecule has 0 unspecified atom stereocenters. The largest absolute Gasteiger partial charge is 0.444 e. The Labute approximate surface area is 123 Å². The maximum Gasteiger partial charge on any atom is 0.407 e. The molecule has 1 heterocycles. The van der Waals surface area contributed by atoms with Crippen molar-refractivity contribution in [2.45, 2.75) is 32.9 Å². The van der Waals surface area contributed by atoms with Crippen LogP contribution in [0.3, 0.4) is 0 Å². The number of hydrogen-bond donors (Lipinski definition) is 1. The van der Waals surface area contributed by atoms with Gasteiger partial charge in [0.15, 0.2) is 0 Å². The third-order valence-electron chi connectivity index (χ3n) is 2.55. The average Bonchev–Trinajstić information content (AvgIpc) is 2.33. The highest BCUT2D eigenvalue weighted by atomic mass is 35.5. The van der Waals surface area contributed by atoms with Crippen molar-refractivity contribution >= 4 is 28.5 Å². The van der Waals surface area contributed by atoms with Crippen LogP contribution in [0.15, 0.2) is 30.5 Å². The van der Waals surface area contributed by atoms with E-state index in [-0.39, 0.29) is 0 Å². The minimum Gasteiger partial charge on any atom is -0.444 e. The van der Waals surface area contributed by atoms with Gasteiger partial charge in [-0.1, -0.05) is 17.7 Å². The molecule has 5 heteroatoms. The van der Waals surface area contributed by atoms with Gasteiger partial charge in [-0.05, 0) is 44.4 Å². The number of benzene rings is 1. The number of nitrogens with one attached hydrogen (secondary N) is 1. The monoisotopic (exact) mass is 292 g/mol. The summed E-state index contributed by atoms with van der Waals surface area (Å²) in [5.74, 6) is 0. The summed E-state index contributed by atoms with van der Waals surface area (Å²) in [4.78, 5) is 15.9. The second-order valence-electron chi connectivity index (χ2n) is 5.52. The highest BCUT2D eigenvalue weighted by Gasteiger charge is 2.15. The summed E-state index contributed by atoms with van der Waals surface area (Å²) in [6.45, 7) is 5.78. The van der Waals surface area contributed by atoms with Crippen molar-refractivity contribution in [3.05, 3.63) is 41.2 Å². The Morgan fingerprint density at radius 1 is 1.30 bits per heavy atom. The van der Waals surface area contributed by atoms with Gasteiger partial charge in [-0.25, -0.2) is 4.79 Å². The van der Waals surface area contributed by atoms with E-state index in [0.717, 1.165) is 16.5 Å². The van der Waals surface area contributed by atoms with Crippen molar-refractivity contribution in [2.75, 3.05) is 0 Å². The van der Waals surface area contributed by atoms with Gasteiger partial charge in [-0.15, -0.1) is 0 Å². The third-order valence-corrected chi connectivity index (χ3v) is 2.79. The first-order valence-electron chi connectivity index (χ1n) is 6.34. The number of carbonyl (C=O) groups is 1. The molecule has 0 aliphatic heterocycles. The Balaban J connectivity index is 2.05. The first-order chi connectivity index (χ1) is 9.33. The summed E-state index contributed by atoms with van der Waals surface area (Å²) in [5, 5.41) is 5.36. The predicted molar refractivity (Wildman–Crippen MR) is 79.8 cm³/mol. The molecule has 1 amide bonds. The molecule has 0 saturated carbocycles. The number of alkyl carbamates (subject to hydrolysis) is 1. The molecule has 106 valence electrons. The number of ether oxygens (including phenoxy) is 1. The molecule has 0 saturated heterocycles. The first kappa shape index (κ1) is 14.6. The summed E-state index contributed by atoms with van der Waals surface area (Å²) in [7, 11) is 0. The molecule has 20 heavy (non-hydrogen) atoms. The van der Waals surface area contributed by atoms with Crippen molar-refractivity contribution in [2.24, 2.45) is 0 Å². The molecule has 0 fully saturated rings. The lowest BCUT2D eigenvalue weighted by Crippen LogP contribution is -2.32. The van der Waals surface area contributed by atoms with E-state index in [9.17, 15) is 4.79 Å². The Kier molecular flexibility index (Phi) is 4.14. The summed E-state index contributed by atoms with van der Waals surface area (Å²) in [5.41, 5.74) is 0.250. The van der Waals surface area contributed by atoms with Crippen LogP contribution in [-0.2, 0) is 11.3 Å². The molecule has 0 aliphatic rings. The lowest BCUT2D eigenvalue weighted by atomic mass is 10.1. The van der Waals surface area contributed by atoms with Gasteiger partial charge in [-0.2, -0.15) is 0 Å². The van der Waals surface area contributed by atoms with Crippen LogP contribution in [0.5, 0.6) is 0 Å². The van der Waals surface area contributed by atoms with Crippen molar-refractivity contribution < 1.29 is 9.53 Å². The van der Waals surface area contributed by atoms with Gasteiger partial charge in [-0.3, -0.25) is 4.98 Å². The number of amides is 1. The molecule has 0 spiro atoms. The molecule has 1 aromatic carbocycles. The van der Waals surface area contributed by atoms with E-state index in [1.54, 1.807) is 6.20 Å². The number of nitrogens with zero attached hydrogens (tertiary/aromatic N) is 1. The van der Waals surface area contributed by atoms with Gasteiger partial charge in [0.25, 0.3) is 0 Å². The van der Waals surface area contributed by atoms with Crippen LogP contribution < -0.4 is 5.32 Å². The zero-order chi connectivity index (χ0) is 14.8. The average molecular weight is 293 g/mol. The van der Waals surface area contributed by atoms with Crippen LogP contribution in [-0.4, -0.2) is 16.7 Å². The van der Waals surface area contributed by atoms with Crippen molar-refractivity contribution in [3.8, 4) is 0 Å². The van der Waals surface area contributed by atoms with E-state index in [1.807, 2.05) is 45.0 Å². The maximum atomic E-state index is 11.6. The lowest BCUT2D eigenvalue weighted by molar-refractivity contribution is 0.0523. The number of pyridine rings is 1. The molecule has 0 atom stereocenters. The van der Waals surface area contributed by atoms with E-state index >= 15 is 0 Å². The molecular formula is C15H17ClN2O2. The fourth-order valence-electron chi connectivity index (χ4n) is 1.73. The lowest BCUT2D eigenvalue weighted by Gasteiger charge is -2.19. The zero-order valence-electron chi connectivity index (χ0n) is 11.7. The maximum absolute atomic E-state index is 11.6. The van der Waals surface area contributed by atoms with E-state index < -0.39 is 11.7 Å². The standard InChI is InChI=1S/C15H17ClN2O2/c1-15(2,3)20-14(19)18-9-13-7-11-6-12(16)5-4-10(11)8-17-13/h4-8H,9H2,1-3H3,(H,18,19). The quantitative estimate of drug-likeness (QED) is 0.913. The zero-order valence-corrected chi connectivity index (χ0v) is 12.5. The number of rotatable bonds is 2. The van der Waals surface area contributed by atoms with Crippen LogP contribution >= 0.6 is 11.6 Å². The number of fused-ring (bicyclic) bond motifs is 1. The summed E-state index contributed by atoms with van der Waals surface area (Å²) in [6, 6.07) is 7.51. The second-order valence-corrected chi connectivity index (χ2v) is 5.96. The van der Waals surface area contributed by atoms with E-state index in [1.165, 1.54) is 0 Å². The minimum absolute atomic E-state index is 0.317. The Hall–Kier alpha value is -1.81. The Morgan fingerprint density at radius 3 is 2.75 bits per heavy atom. The number of hydrogen-bond acceptors (Lipinski definition) is 3. The van der Waals surface area contributed by atoms with Gasteiger partial charge in [0.2, 0.25) is 0 Å². The smallest absolute Gasteiger partial charge is 0.407 e. The third kappa shape index (κ3) is 4.10. The Bertz CT molecular complexity index is 635. The van der Waals surface area contributed by atoms with Crippen LogP contribution in [0.4, 0.5) is 4.79 Å². The molecule has 0 radical (unpaired) electrons. The number of halogens is 1. The van der Waals surface area contributed by atoms with Crippen LogP contribution in [0.2, 0.25) is 5.02 Å². The molecule has 4 nitrogen and oxygen atoms in total. The highest BCUT2D eigenvalue weighted by Crippen LogP contribution is 2.19. The van der Waals surface area contributed by atoms with Crippen LogP contribution in [0.25, 0.3) is 10.8 Å². The van der Waals surface area contributed by atoms with Crippen molar-refractivity contribution in [1.29, 1.82) is 0 Å². The van der Waals surface area contributed by atoms with Gasteiger partial charge in [0, 0.05) is 16.6 Å². The van der Waals surface area contributed by atoms with E-state index in [2.05, 4.69) is 10.3 Å². The summed E-state index contributed by atoms with van der Waals surface area (Å²) in [6.07, 6.45) is 1.31. The predicted octanol–water partition coefficient (Wildman–Crippen LogP) is 3.91. The Morgan fingerprint density at radius 2 is 2.05 bits per heavy atom. The molecule has 2 aromatic rings. The molecule has 1 aromatic heterocycles. The fraction of sp³-hybridized carbons (Fsp3) is 0.333. The van der Waals surface area contributed by atoms with Crippen molar-refractivity contribution in [3.63, 3.8) is 0 Å². The highest BCUT2D eigenvalue weighted by molar-refractivity contribution is 6.31. The van der Waals surface area contributed by atoms with Crippen molar-refractivity contribution in [1.82, 2.24) is 10.3 Å². The van der Waals surface area contributed by atoms with E-state index in [4.69, 9.17) is 16.3 Å². The molecular weight excluding hydrogens is 276 g/mol. The topological polar surface area (TPSA) is 51.2 Å². The van der Waals surface area contributed by atoms with Gasteiger partial charge in [0.1, 0.15) is 5.60 Å². The normalized spacial score (nSPS) is 11.4. The summed E-state index contributed by atoms with van der Waals surface area (Å²) < 4.78 is 5.17. The van der Waals surface area contributed by atoms with Crippen LogP contribution in [0.1, 0.15) is 26.5 Å².